The third-order valence-electron chi connectivity index (χ3n) is 4.56. The minimum Gasteiger partial charge on any atom is -0.489 e. The van der Waals surface area contributed by atoms with Gasteiger partial charge in [-0.3, -0.25) is 0 Å². The SMILES string of the molecule is C[C@H](N)c1ccc(OC2CCN(c3ccnc(N(C)CC(F)F)n3)C2)cc1. The van der Waals surface area contributed by atoms with Crippen molar-refractivity contribution < 1.29 is 13.5 Å². The van der Waals surface area contributed by atoms with Gasteiger partial charge in [-0.25, -0.2) is 13.8 Å². The summed E-state index contributed by atoms with van der Waals surface area (Å²) in [5, 5.41) is 0. The molecule has 0 aliphatic carbocycles. The molecule has 1 saturated heterocycles. The molecule has 1 aliphatic rings. The van der Waals surface area contributed by atoms with Crippen LogP contribution >= 0.6 is 0 Å². The molecule has 27 heavy (non-hydrogen) atoms. The summed E-state index contributed by atoms with van der Waals surface area (Å²) < 4.78 is 31.2. The number of nitrogens with zero attached hydrogens (tertiary/aromatic N) is 4. The highest BCUT2D eigenvalue weighted by Gasteiger charge is 2.25. The molecule has 1 aromatic heterocycles. The highest BCUT2D eigenvalue weighted by atomic mass is 19.3. The summed E-state index contributed by atoms with van der Waals surface area (Å²) in [4.78, 5) is 11.9. The molecular weight excluding hydrogens is 352 g/mol. The second kappa shape index (κ2) is 8.47. The average Bonchev–Trinajstić information content (AvgIpc) is 3.10. The van der Waals surface area contributed by atoms with Crippen molar-refractivity contribution in [3.05, 3.63) is 42.1 Å². The lowest BCUT2D eigenvalue weighted by atomic mass is 10.1. The fourth-order valence-corrected chi connectivity index (χ4v) is 3.06. The standard InChI is InChI=1S/C19H25F2N5O/c1-13(22)14-3-5-15(6-4-14)27-16-8-10-26(11-16)18-7-9-23-19(24-18)25(2)12-17(20)21/h3-7,9,13,16-17H,8,10-12,22H2,1-2H3/t13-,16?/m0/s1. The number of alkyl halides is 2. The van der Waals surface area contributed by atoms with E-state index in [1.54, 1.807) is 19.3 Å². The molecule has 1 unspecified atom stereocenters. The maximum absolute atomic E-state index is 12.6. The monoisotopic (exact) mass is 377 g/mol. The van der Waals surface area contributed by atoms with Crippen LogP contribution in [0.5, 0.6) is 5.75 Å². The van der Waals surface area contributed by atoms with Gasteiger partial charge in [-0.15, -0.1) is 0 Å². The number of ether oxygens (including phenoxy) is 1. The molecule has 8 heteroatoms. The second-order valence-corrected chi connectivity index (χ2v) is 6.82. The van der Waals surface area contributed by atoms with E-state index in [9.17, 15) is 8.78 Å². The van der Waals surface area contributed by atoms with Gasteiger partial charge in [0.2, 0.25) is 5.95 Å². The van der Waals surface area contributed by atoms with Gasteiger partial charge in [0.15, 0.2) is 0 Å². The number of anilines is 2. The Morgan fingerprint density at radius 1 is 1.30 bits per heavy atom. The lowest BCUT2D eigenvalue weighted by Gasteiger charge is -2.21. The first-order valence-corrected chi connectivity index (χ1v) is 9.02. The Morgan fingerprint density at radius 3 is 2.70 bits per heavy atom. The maximum Gasteiger partial charge on any atom is 0.255 e. The van der Waals surface area contributed by atoms with E-state index in [0.717, 1.165) is 30.1 Å². The van der Waals surface area contributed by atoms with Crippen LogP contribution in [0.2, 0.25) is 0 Å². The predicted octanol–water partition coefficient (Wildman–Crippen LogP) is 2.86. The molecule has 0 saturated carbocycles. The van der Waals surface area contributed by atoms with Crippen molar-refractivity contribution in [2.45, 2.75) is 31.9 Å². The number of hydrogen-bond acceptors (Lipinski definition) is 6. The largest absolute Gasteiger partial charge is 0.489 e. The van der Waals surface area contributed by atoms with Gasteiger partial charge in [0.05, 0.1) is 13.1 Å². The molecule has 6 nitrogen and oxygen atoms in total. The summed E-state index contributed by atoms with van der Waals surface area (Å²) >= 11 is 0. The van der Waals surface area contributed by atoms with Crippen LogP contribution in [0.1, 0.15) is 24.9 Å². The van der Waals surface area contributed by atoms with Gasteiger partial charge in [0.25, 0.3) is 6.43 Å². The molecule has 1 aliphatic heterocycles. The summed E-state index contributed by atoms with van der Waals surface area (Å²) in [6, 6.07) is 9.60. The third kappa shape index (κ3) is 5.03. The van der Waals surface area contributed by atoms with Crippen molar-refractivity contribution in [2.75, 3.05) is 36.5 Å². The number of benzene rings is 1. The minimum atomic E-state index is -2.43. The summed E-state index contributed by atoms with van der Waals surface area (Å²) in [7, 11) is 1.56. The van der Waals surface area contributed by atoms with E-state index < -0.39 is 13.0 Å². The Labute approximate surface area is 158 Å². The van der Waals surface area contributed by atoms with Gasteiger partial charge in [-0.05, 0) is 30.7 Å². The van der Waals surface area contributed by atoms with Crippen molar-refractivity contribution in [3.63, 3.8) is 0 Å². The normalized spacial score (nSPS) is 18.0. The Balaban J connectivity index is 1.60. The fourth-order valence-electron chi connectivity index (χ4n) is 3.06. The number of hydrogen-bond donors (Lipinski definition) is 1. The van der Waals surface area contributed by atoms with E-state index in [-0.39, 0.29) is 12.1 Å². The number of nitrogens with two attached hydrogens (primary N) is 1. The van der Waals surface area contributed by atoms with Crippen LogP contribution in [0.15, 0.2) is 36.5 Å². The van der Waals surface area contributed by atoms with E-state index in [2.05, 4.69) is 14.9 Å². The molecule has 2 aromatic rings. The lowest BCUT2D eigenvalue weighted by Crippen LogP contribution is -2.28. The van der Waals surface area contributed by atoms with E-state index in [1.165, 1.54) is 4.90 Å². The van der Waals surface area contributed by atoms with Crippen LogP contribution in [0.3, 0.4) is 0 Å². The van der Waals surface area contributed by atoms with Crippen LogP contribution in [0, 0.1) is 0 Å². The molecular formula is C19H25F2N5O. The molecule has 2 heterocycles. The van der Waals surface area contributed by atoms with E-state index in [4.69, 9.17) is 10.5 Å². The predicted molar refractivity (Wildman–Crippen MR) is 102 cm³/mol. The zero-order valence-corrected chi connectivity index (χ0v) is 15.6. The van der Waals surface area contributed by atoms with Crippen molar-refractivity contribution in [1.29, 1.82) is 0 Å². The molecule has 2 N–H and O–H groups in total. The number of aromatic nitrogens is 2. The first-order valence-electron chi connectivity index (χ1n) is 9.02. The fraction of sp³-hybridized carbons (Fsp3) is 0.474. The molecule has 1 fully saturated rings. The number of halogens is 2. The van der Waals surface area contributed by atoms with Gasteiger partial charge in [-0.2, -0.15) is 4.98 Å². The summed E-state index contributed by atoms with van der Waals surface area (Å²) in [6.07, 6.45) is 0.0748. The van der Waals surface area contributed by atoms with Gasteiger partial charge in [0.1, 0.15) is 17.7 Å². The number of rotatable bonds is 7. The summed E-state index contributed by atoms with van der Waals surface area (Å²) in [6.45, 7) is 3.02. The van der Waals surface area contributed by atoms with Gasteiger partial charge >= 0.3 is 0 Å². The summed E-state index contributed by atoms with van der Waals surface area (Å²) in [5.74, 6) is 1.83. The first kappa shape index (κ1) is 19.3. The Kier molecular flexibility index (Phi) is 6.05. The van der Waals surface area contributed by atoms with Crippen LogP contribution in [0.25, 0.3) is 0 Å². The van der Waals surface area contributed by atoms with Crippen molar-refractivity contribution >= 4 is 11.8 Å². The molecule has 0 spiro atoms. The topological polar surface area (TPSA) is 67.5 Å². The zero-order valence-electron chi connectivity index (χ0n) is 15.6. The van der Waals surface area contributed by atoms with Gasteiger partial charge in [0, 0.05) is 32.3 Å². The lowest BCUT2D eigenvalue weighted by molar-refractivity contribution is 0.156. The van der Waals surface area contributed by atoms with E-state index in [0.29, 0.717) is 12.5 Å². The Bertz CT molecular complexity index is 741. The zero-order chi connectivity index (χ0) is 19.4. The first-order chi connectivity index (χ1) is 12.9. The van der Waals surface area contributed by atoms with E-state index >= 15 is 0 Å². The Morgan fingerprint density at radius 2 is 2.04 bits per heavy atom. The molecule has 0 radical (unpaired) electrons. The van der Waals surface area contributed by atoms with Crippen LogP contribution in [0.4, 0.5) is 20.5 Å². The third-order valence-corrected chi connectivity index (χ3v) is 4.56. The molecule has 146 valence electrons. The molecule has 3 rings (SSSR count). The second-order valence-electron chi connectivity index (χ2n) is 6.82. The molecule has 0 bridgehead atoms. The smallest absolute Gasteiger partial charge is 0.255 e. The van der Waals surface area contributed by atoms with Crippen LogP contribution in [-0.4, -0.2) is 49.2 Å². The maximum atomic E-state index is 12.6. The van der Waals surface area contributed by atoms with Crippen LogP contribution in [-0.2, 0) is 0 Å². The van der Waals surface area contributed by atoms with Gasteiger partial charge in [-0.1, -0.05) is 12.1 Å². The highest BCUT2D eigenvalue weighted by molar-refractivity contribution is 5.44. The molecule has 0 amide bonds. The van der Waals surface area contributed by atoms with Crippen molar-refractivity contribution in [1.82, 2.24) is 9.97 Å². The molecule has 2 atom stereocenters. The average molecular weight is 377 g/mol. The van der Waals surface area contributed by atoms with Gasteiger partial charge < -0.3 is 20.3 Å². The van der Waals surface area contributed by atoms with Crippen molar-refractivity contribution in [3.8, 4) is 5.75 Å². The highest BCUT2D eigenvalue weighted by Crippen LogP contribution is 2.24. The van der Waals surface area contributed by atoms with Crippen LogP contribution < -0.4 is 20.3 Å². The van der Waals surface area contributed by atoms with E-state index in [1.807, 2.05) is 31.2 Å². The molecule has 1 aromatic carbocycles. The summed E-state index contributed by atoms with van der Waals surface area (Å²) in [5.41, 5.74) is 6.93. The quantitative estimate of drug-likeness (QED) is 0.800. The van der Waals surface area contributed by atoms with Crippen molar-refractivity contribution in [2.24, 2.45) is 5.73 Å². The minimum absolute atomic E-state index is 0.00353. The Hall–Kier alpha value is -2.48.